The van der Waals surface area contributed by atoms with E-state index >= 15 is 0 Å². The Morgan fingerprint density at radius 3 is 2.33 bits per heavy atom. The molecule has 9 heteroatoms. The van der Waals surface area contributed by atoms with Gasteiger partial charge in [0.2, 0.25) is 11.8 Å². The van der Waals surface area contributed by atoms with E-state index in [1.807, 2.05) is 55.5 Å². The quantitative estimate of drug-likeness (QED) is 0.239. The molecule has 1 unspecified atom stereocenters. The predicted molar refractivity (Wildman–Crippen MR) is 162 cm³/mol. The van der Waals surface area contributed by atoms with Crippen molar-refractivity contribution in [3.8, 4) is 0 Å². The largest absolute Gasteiger partial charge is 0.354 e. The lowest BCUT2D eigenvalue weighted by atomic mass is 10.0. The number of halogens is 1. The molecule has 0 aliphatic carbocycles. The van der Waals surface area contributed by atoms with Gasteiger partial charge in [0.25, 0.3) is 10.0 Å². The molecule has 0 saturated carbocycles. The molecule has 1 N–H and O–H groups in total. The maximum Gasteiger partial charge on any atom is 0.265 e. The number of amides is 2. The van der Waals surface area contributed by atoms with Crippen molar-refractivity contribution in [1.29, 1.82) is 0 Å². The summed E-state index contributed by atoms with van der Waals surface area (Å²) in [7, 11) is -3.74. The monoisotopic (exact) mass is 587 g/mol. The van der Waals surface area contributed by atoms with Crippen LogP contribution in [0.1, 0.15) is 37.3 Å². The highest BCUT2D eigenvalue weighted by atomic mass is 32.2. The fourth-order valence-electron chi connectivity index (χ4n) is 5.42. The molecule has 42 heavy (non-hydrogen) atoms. The van der Waals surface area contributed by atoms with Crippen molar-refractivity contribution in [3.63, 3.8) is 0 Å². The summed E-state index contributed by atoms with van der Waals surface area (Å²) in [4.78, 5) is 29.1. The van der Waals surface area contributed by atoms with E-state index in [0.717, 1.165) is 17.4 Å². The van der Waals surface area contributed by atoms with Gasteiger partial charge in [-0.15, -0.1) is 0 Å². The highest BCUT2D eigenvalue weighted by Crippen LogP contribution is 2.42. The normalized spacial score (nSPS) is 14.1. The third-order valence-corrected chi connectivity index (χ3v) is 9.38. The van der Waals surface area contributed by atoms with E-state index in [1.54, 1.807) is 35.2 Å². The Bertz CT molecular complexity index is 1670. The van der Waals surface area contributed by atoms with Gasteiger partial charge in [-0.2, -0.15) is 0 Å². The molecule has 0 saturated heterocycles. The maximum absolute atomic E-state index is 13.9. The lowest BCUT2D eigenvalue weighted by Crippen LogP contribution is -2.50. The van der Waals surface area contributed by atoms with Crippen molar-refractivity contribution >= 4 is 38.3 Å². The van der Waals surface area contributed by atoms with Crippen LogP contribution in [0.5, 0.6) is 0 Å². The fourth-order valence-corrected chi connectivity index (χ4v) is 7.17. The number of rotatable bonds is 12. The Morgan fingerprint density at radius 1 is 0.905 bits per heavy atom. The lowest BCUT2D eigenvalue weighted by Gasteiger charge is -2.32. The van der Waals surface area contributed by atoms with Crippen molar-refractivity contribution in [1.82, 2.24) is 10.2 Å². The molecule has 1 atom stereocenters. The van der Waals surface area contributed by atoms with E-state index in [1.165, 1.54) is 16.4 Å². The van der Waals surface area contributed by atoms with Gasteiger partial charge >= 0.3 is 0 Å². The molecule has 1 aliphatic rings. The standard InChI is InChI=1S/C33H34FN3O4S/c1-2-20-35-33(39)29(22-24-9-4-3-5-10-24)36(23-25-16-18-27(34)19-17-25)31(38)15-8-21-37-28-13-6-11-26-12-7-14-30(32(26)28)42(37,40)41/h3-7,9-14,16-19,29H,2,8,15,20-23H2,1H3,(H,35,39). The minimum Gasteiger partial charge on any atom is -0.354 e. The molecule has 5 rings (SSSR count). The van der Waals surface area contributed by atoms with E-state index in [4.69, 9.17) is 0 Å². The third kappa shape index (κ3) is 6.16. The molecule has 1 heterocycles. The SMILES string of the molecule is CCCNC(=O)C(Cc1ccccc1)N(Cc1ccc(F)cc1)C(=O)CCCN1c2cccc3cccc(c23)S1(=O)=O. The number of carbonyl (C=O) groups excluding carboxylic acids is 2. The van der Waals surface area contributed by atoms with Gasteiger partial charge in [-0.3, -0.25) is 13.9 Å². The number of anilines is 1. The van der Waals surface area contributed by atoms with Crippen LogP contribution in [-0.4, -0.2) is 44.3 Å². The molecule has 0 spiro atoms. The first-order chi connectivity index (χ1) is 20.3. The van der Waals surface area contributed by atoms with Gasteiger partial charge in [-0.05, 0) is 53.6 Å². The number of carbonyl (C=O) groups is 2. The van der Waals surface area contributed by atoms with Crippen molar-refractivity contribution in [2.24, 2.45) is 0 Å². The van der Waals surface area contributed by atoms with Crippen LogP contribution in [0.3, 0.4) is 0 Å². The first-order valence-electron chi connectivity index (χ1n) is 14.2. The first kappa shape index (κ1) is 29.3. The molecule has 0 aromatic heterocycles. The molecular weight excluding hydrogens is 553 g/mol. The van der Waals surface area contributed by atoms with Crippen LogP contribution in [0, 0.1) is 5.82 Å². The average Bonchev–Trinajstić information content (AvgIpc) is 3.22. The summed E-state index contributed by atoms with van der Waals surface area (Å²) in [6.45, 7) is 2.67. The van der Waals surface area contributed by atoms with Gasteiger partial charge in [-0.25, -0.2) is 12.8 Å². The minimum atomic E-state index is -3.74. The molecule has 218 valence electrons. The highest BCUT2D eigenvalue weighted by molar-refractivity contribution is 7.93. The van der Waals surface area contributed by atoms with Crippen LogP contribution in [0.15, 0.2) is 95.9 Å². The van der Waals surface area contributed by atoms with Crippen molar-refractivity contribution in [2.75, 3.05) is 17.4 Å². The van der Waals surface area contributed by atoms with Crippen LogP contribution in [0.25, 0.3) is 10.8 Å². The Morgan fingerprint density at radius 2 is 1.62 bits per heavy atom. The van der Waals surface area contributed by atoms with Crippen LogP contribution in [-0.2, 0) is 32.6 Å². The third-order valence-electron chi connectivity index (χ3n) is 7.52. The Labute approximate surface area is 246 Å². The van der Waals surface area contributed by atoms with Gasteiger partial charge in [0.05, 0.1) is 10.6 Å². The summed E-state index contributed by atoms with van der Waals surface area (Å²) in [5, 5.41) is 4.48. The second-order valence-electron chi connectivity index (χ2n) is 10.5. The summed E-state index contributed by atoms with van der Waals surface area (Å²) in [6, 6.07) is 25.3. The van der Waals surface area contributed by atoms with E-state index in [-0.39, 0.29) is 48.5 Å². The molecule has 4 aromatic carbocycles. The lowest BCUT2D eigenvalue weighted by molar-refractivity contribution is -0.141. The van der Waals surface area contributed by atoms with Gasteiger partial charge in [-0.1, -0.05) is 73.7 Å². The highest BCUT2D eigenvalue weighted by Gasteiger charge is 2.36. The summed E-state index contributed by atoms with van der Waals surface area (Å²) in [6.07, 6.45) is 1.35. The number of hydrogen-bond donors (Lipinski definition) is 1. The van der Waals surface area contributed by atoms with E-state index in [0.29, 0.717) is 29.6 Å². The van der Waals surface area contributed by atoms with E-state index in [9.17, 15) is 22.4 Å². The second kappa shape index (κ2) is 12.7. The summed E-state index contributed by atoms with van der Waals surface area (Å²) in [5.74, 6) is -0.930. The number of benzene rings is 4. The molecule has 4 aromatic rings. The zero-order valence-electron chi connectivity index (χ0n) is 23.5. The van der Waals surface area contributed by atoms with Gasteiger partial charge in [0, 0.05) is 37.9 Å². The predicted octanol–water partition coefficient (Wildman–Crippen LogP) is 5.43. The zero-order valence-corrected chi connectivity index (χ0v) is 24.3. The molecule has 0 fully saturated rings. The molecular formula is C33H34FN3O4S. The van der Waals surface area contributed by atoms with Crippen LogP contribution in [0.2, 0.25) is 0 Å². The summed E-state index contributed by atoms with van der Waals surface area (Å²) < 4.78 is 41.8. The number of nitrogens with one attached hydrogen (secondary N) is 1. The van der Waals surface area contributed by atoms with Crippen molar-refractivity contribution in [3.05, 3.63) is 108 Å². The number of sulfonamides is 1. The fraction of sp³-hybridized carbons (Fsp3) is 0.273. The Kier molecular flexibility index (Phi) is 8.87. The minimum absolute atomic E-state index is 0.0336. The molecule has 0 bridgehead atoms. The molecule has 2 amide bonds. The number of hydrogen-bond acceptors (Lipinski definition) is 4. The second-order valence-corrected chi connectivity index (χ2v) is 12.3. The smallest absolute Gasteiger partial charge is 0.265 e. The van der Waals surface area contributed by atoms with Gasteiger partial charge < -0.3 is 10.2 Å². The van der Waals surface area contributed by atoms with E-state index < -0.39 is 16.1 Å². The Balaban J connectivity index is 1.38. The topological polar surface area (TPSA) is 86.8 Å². The van der Waals surface area contributed by atoms with Gasteiger partial charge in [0.1, 0.15) is 11.9 Å². The van der Waals surface area contributed by atoms with Gasteiger partial charge in [0.15, 0.2) is 0 Å². The number of nitrogens with zero attached hydrogens (tertiary/aromatic N) is 2. The summed E-state index contributed by atoms with van der Waals surface area (Å²) >= 11 is 0. The van der Waals surface area contributed by atoms with Crippen LogP contribution < -0.4 is 9.62 Å². The molecule has 7 nitrogen and oxygen atoms in total. The van der Waals surface area contributed by atoms with E-state index in [2.05, 4.69) is 5.32 Å². The van der Waals surface area contributed by atoms with Crippen LogP contribution >= 0.6 is 0 Å². The van der Waals surface area contributed by atoms with Crippen molar-refractivity contribution in [2.45, 2.75) is 50.1 Å². The average molecular weight is 588 g/mol. The zero-order chi connectivity index (χ0) is 29.7. The molecule has 1 aliphatic heterocycles. The Hall–Kier alpha value is -4.24. The molecule has 0 radical (unpaired) electrons. The first-order valence-corrected chi connectivity index (χ1v) is 15.6. The van der Waals surface area contributed by atoms with Crippen molar-refractivity contribution < 1.29 is 22.4 Å². The summed E-state index contributed by atoms with van der Waals surface area (Å²) in [5.41, 5.74) is 2.20. The van der Waals surface area contributed by atoms with Crippen LogP contribution in [0.4, 0.5) is 10.1 Å². The maximum atomic E-state index is 13.9.